The molecule has 1 saturated heterocycles. The number of aryl methyl sites for hydroxylation is 1. The molecule has 0 radical (unpaired) electrons. The second-order valence-electron chi connectivity index (χ2n) is 6.71. The summed E-state index contributed by atoms with van der Waals surface area (Å²) in [6.45, 7) is 4.72. The maximum Gasteiger partial charge on any atom is 0.243 e. The van der Waals surface area contributed by atoms with Gasteiger partial charge in [0.1, 0.15) is 5.82 Å². The van der Waals surface area contributed by atoms with Crippen molar-refractivity contribution in [2.24, 2.45) is 7.05 Å². The number of morpholine rings is 1. The Morgan fingerprint density at radius 2 is 1.85 bits per heavy atom. The fourth-order valence-corrected chi connectivity index (χ4v) is 4.63. The fourth-order valence-electron chi connectivity index (χ4n) is 3.18. The molecule has 0 aliphatic carbocycles. The summed E-state index contributed by atoms with van der Waals surface area (Å²) in [4.78, 5) is 2.40. The lowest BCUT2D eigenvalue weighted by Gasteiger charge is -2.28. The van der Waals surface area contributed by atoms with Gasteiger partial charge in [-0.15, -0.1) is 0 Å². The molecule has 148 valence electrons. The van der Waals surface area contributed by atoms with E-state index in [0.29, 0.717) is 6.54 Å². The highest BCUT2D eigenvalue weighted by molar-refractivity contribution is 7.89. The smallest absolute Gasteiger partial charge is 0.243 e. The summed E-state index contributed by atoms with van der Waals surface area (Å²) in [6, 6.07) is 8.82. The summed E-state index contributed by atoms with van der Waals surface area (Å²) in [5, 5.41) is 0. The van der Waals surface area contributed by atoms with Gasteiger partial charge in [-0.2, -0.15) is 4.31 Å². The van der Waals surface area contributed by atoms with Crippen LogP contribution in [0.4, 0.5) is 4.39 Å². The van der Waals surface area contributed by atoms with Crippen molar-refractivity contribution in [3.63, 3.8) is 0 Å². The van der Waals surface area contributed by atoms with E-state index in [2.05, 4.69) is 4.90 Å². The highest BCUT2D eigenvalue weighted by Crippen LogP contribution is 2.19. The Balaban J connectivity index is 1.74. The zero-order chi connectivity index (χ0) is 19.3. The quantitative estimate of drug-likeness (QED) is 0.687. The van der Waals surface area contributed by atoms with E-state index in [4.69, 9.17) is 4.74 Å². The largest absolute Gasteiger partial charge is 0.379 e. The summed E-state index contributed by atoms with van der Waals surface area (Å²) in [5.41, 5.74) is 0.909. The van der Waals surface area contributed by atoms with Gasteiger partial charge in [0.25, 0.3) is 0 Å². The monoisotopic (exact) mass is 395 g/mol. The Bertz CT molecular complexity index is 830. The van der Waals surface area contributed by atoms with Gasteiger partial charge in [-0.1, -0.05) is 0 Å². The van der Waals surface area contributed by atoms with Crippen molar-refractivity contribution < 1.29 is 17.5 Å². The Kier molecular flexibility index (Phi) is 6.64. The number of aromatic nitrogens is 1. The van der Waals surface area contributed by atoms with Crippen molar-refractivity contribution in [3.05, 3.63) is 54.1 Å². The lowest BCUT2D eigenvalue weighted by molar-refractivity contribution is 0.0368. The molecular weight excluding hydrogens is 369 g/mol. The highest BCUT2D eigenvalue weighted by Gasteiger charge is 2.25. The molecule has 6 nitrogen and oxygen atoms in total. The van der Waals surface area contributed by atoms with Crippen molar-refractivity contribution in [1.29, 1.82) is 0 Å². The van der Waals surface area contributed by atoms with Gasteiger partial charge in [0.05, 0.1) is 24.7 Å². The molecule has 1 aliphatic rings. The molecule has 2 heterocycles. The average Bonchev–Trinajstić information content (AvgIpc) is 3.07. The molecule has 0 spiro atoms. The molecule has 0 bridgehead atoms. The SMILES string of the molecule is Cn1cccc1CN(CCCN1CCOCC1)S(=O)(=O)c1ccc(F)cc1. The zero-order valence-electron chi connectivity index (χ0n) is 15.6. The van der Waals surface area contributed by atoms with Crippen LogP contribution in [-0.2, 0) is 28.4 Å². The second-order valence-corrected chi connectivity index (χ2v) is 8.65. The van der Waals surface area contributed by atoms with Gasteiger partial charge < -0.3 is 9.30 Å². The van der Waals surface area contributed by atoms with Gasteiger partial charge in [0.15, 0.2) is 0 Å². The minimum atomic E-state index is -3.70. The van der Waals surface area contributed by atoms with Crippen LogP contribution in [0.3, 0.4) is 0 Å². The molecule has 1 aliphatic heterocycles. The van der Waals surface area contributed by atoms with Crippen LogP contribution in [-0.4, -0.2) is 61.6 Å². The minimum absolute atomic E-state index is 0.115. The third-order valence-corrected chi connectivity index (χ3v) is 6.69. The van der Waals surface area contributed by atoms with Crippen LogP contribution in [0.25, 0.3) is 0 Å². The molecular formula is C19H26FN3O3S. The van der Waals surface area contributed by atoms with Crippen LogP contribution < -0.4 is 0 Å². The topological polar surface area (TPSA) is 54.8 Å². The van der Waals surface area contributed by atoms with Gasteiger partial charge in [0, 0.05) is 38.6 Å². The van der Waals surface area contributed by atoms with Gasteiger partial charge in [-0.25, -0.2) is 12.8 Å². The van der Waals surface area contributed by atoms with Crippen LogP contribution in [0.2, 0.25) is 0 Å². The molecule has 0 unspecified atom stereocenters. The summed E-state index contributed by atoms with van der Waals surface area (Å²) in [6.07, 6.45) is 2.62. The number of nitrogens with zero attached hydrogens (tertiary/aromatic N) is 3. The summed E-state index contributed by atoms with van der Waals surface area (Å²) in [7, 11) is -1.81. The molecule has 0 atom stereocenters. The first kappa shape index (κ1) is 20.0. The van der Waals surface area contributed by atoms with Crippen LogP contribution in [0.1, 0.15) is 12.1 Å². The fraction of sp³-hybridized carbons (Fsp3) is 0.474. The van der Waals surface area contributed by atoms with E-state index in [9.17, 15) is 12.8 Å². The number of rotatable bonds is 8. The van der Waals surface area contributed by atoms with Crippen molar-refractivity contribution in [2.75, 3.05) is 39.4 Å². The molecule has 0 N–H and O–H groups in total. The third-order valence-electron chi connectivity index (χ3n) is 4.83. The Morgan fingerprint density at radius 1 is 1.15 bits per heavy atom. The molecule has 27 heavy (non-hydrogen) atoms. The predicted molar refractivity (Wildman–Crippen MR) is 101 cm³/mol. The number of halogens is 1. The number of hydrogen-bond acceptors (Lipinski definition) is 4. The molecule has 3 rings (SSSR count). The third kappa shape index (κ3) is 5.16. The van der Waals surface area contributed by atoms with E-state index < -0.39 is 15.8 Å². The Morgan fingerprint density at radius 3 is 2.48 bits per heavy atom. The van der Waals surface area contributed by atoms with Crippen LogP contribution in [0.5, 0.6) is 0 Å². The van der Waals surface area contributed by atoms with E-state index in [0.717, 1.165) is 45.0 Å². The van der Waals surface area contributed by atoms with Crippen molar-refractivity contribution in [2.45, 2.75) is 17.9 Å². The van der Waals surface area contributed by atoms with Crippen LogP contribution in [0, 0.1) is 5.82 Å². The van der Waals surface area contributed by atoms with Gasteiger partial charge in [-0.05, 0) is 49.4 Å². The van der Waals surface area contributed by atoms with E-state index in [1.54, 1.807) is 0 Å². The van der Waals surface area contributed by atoms with E-state index in [-0.39, 0.29) is 11.4 Å². The van der Waals surface area contributed by atoms with Crippen LogP contribution in [0.15, 0.2) is 47.5 Å². The van der Waals surface area contributed by atoms with E-state index in [1.807, 2.05) is 29.9 Å². The van der Waals surface area contributed by atoms with Gasteiger partial charge in [0.2, 0.25) is 10.0 Å². The standard InChI is InChI=1S/C19H26FN3O3S/c1-21-9-2-4-18(21)16-23(11-3-10-22-12-14-26-15-13-22)27(24,25)19-7-5-17(20)6-8-19/h2,4-9H,3,10-16H2,1H3. The Labute approximate surface area is 160 Å². The molecule has 1 aromatic carbocycles. The number of sulfonamides is 1. The summed E-state index contributed by atoms with van der Waals surface area (Å²) in [5.74, 6) is -0.449. The molecule has 0 amide bonds. The molecule has 0 saturated carbocycles. The van der Waals surface area contributed by atoms with Crippen molar-refractivity contribution in [1.82, 2.24) is 13.8 Å². The highest BCUT2D eigenvalue weighted by atomic mass is 32.2. The van der Waals surface area contributed by atoms with Crippen molar-refractivity contribution in [3.8, 4) is 0 Å². The number of benzene rings is 1. The van der Waals surface area contributed by atoms with Gasteiger partial charge >= 0.3 is 0 Å². The molecule has 1 aromatic heterocycles. The average molecular weight is 396 g/mol. The van der Waals surface area contributed by atoms with Crippen molar-refractivity contribution >= 4 is 10.0 Å². The first-order chi connectivity index (χ1) is 13.0. The number of hydrogen-bond donors (Lipinski definition) is 0. The zero-order valence-corrected chi connectivity index (χ0v) is 16.4. The normalized spacial score (nSPS) is 16.1. The lowest BCUT2D eigenvalue weighted by atomic mass is 10.3. The number of ether oxygens (including phenoxy) is 1. The minimum Gasteiger partial charge on any atom is -0.379 e. The summed E-state index contributed by atoms with van der Waals surface area (Å²) >= 11 is 0. The van der Waals surface area contributed by atoms with Crippen LogP contribution >= 0.6 is 0 Å². The molecule has 1 fully saturated rings. The summed E-state index contributed by atoms with van der Waals surface area (Å²) < 4.78 is 48.2. The van der Waals surface area contributed by atoms with E-state index >= 15 is 0 Å². The Hall–Kier alpha value is -1.74. The predicted octanol–water partition coefficient (Wildman–Crippen LogP) is 2.08. The maximum atomic E-state index is 13.2. The second kappa shape index (κ2) is 8.97. The van der Waals surface area contributed by atoms with E-state index in [1.165, 1.54) is 28.6 Å². The van der Waals surface area contributed by atoms with Gasteiger partial charge in [-0.3, -0.25) is 4.90 Å². The maximum absolute atomic E-state index is 13.2. The molecule has 2 aromatic rings. The first-order valence-corrected chi connectivity index (χ1v) is 10.6. The lowest BCUT2D eigenvalue weighted by Crippen LogP contribution is -2.39. The first-order valence-electron chi connectivity index (χ1n) is 9.13. The molecule has 8 heteroatoms.